The van der Waals surface area contributed by atoms with Crippen molar-refractivity contribution in [2.75, 3.05) is 6.54 Å². The Bertz CT molecular complexity index is 542. The zero-order valence-corrected chi connectivity index (χ0v) is 10.8. The fourth-order valence-electron chi connectivity index (χ4n) is 1.67. The van der Waals surface area contributed by atoms with Crippen LogP contribution in [0.4, 0.5) is 4.79 Å². The highest BCUT2D eigenvalue weighted by atomic mass is 16.2. The lowest BCUT2D eigenvalue weighted by atomic mass is 10.1. The van der Waals surface area contributed by atoms with Crippen LogP contribution in [0.15, 0.2) is 42.9 Å². The summed E-state index contributed by atoms with van der Waals surface area (Å²) in [6.07, 6.45) is 5.21. The summed E-state index contributed by atoms with van der Waals surface area (Å²) < 4.78 is 0. The van der Waals surface area contributed by atoms with Gasteiger partial charge in [0.05, 0.1) is 5.69 Å². The molecule has 0 unspecified atom stereocenters. The summed E-state index contributed by atoms with van der Waals surface area (Å²) in [7, 11) is 0. The van der Waals surface area contributed by atoms with Crippen LogP contribution in [0.2, 0.25) is 0 Å². The second-order valence-electron chi connectivity index (χ2n) is 4.00. The maximum Gasteiger partial charge on any atom is 0.315 e. The van der Waals surface area contributed by atoms with Crippen LogP contribution in [0.3, 0.4) is 0 Å². The minimum absolute atomic E-state index is 0.162. The lowest BCUT2D eigenvalue weighted by molar-refractivity contribution is 0.241. The van der Waals surface area contributed by atoms with Gasteiger partial charge in [-0.2, -0.15) is 0 Å². The standard InChI is InChI=1S/C14H16N4O/c1-2-16-14(19)18-10-11-3-8-17-13(9-11)12-4-6-15-7-5-12/h3-9H,2,10H2,1H3,(H2,16,18,19). The summed E-state index contributed by atoms with van der Waals surface area (Å²) >= 11 is 0. The van der Waals surface area contributed by atoms with E-state index in [-0.39, 0.29) is 6.03 Å². The summed E-state index contributed by atoms with van der Waals surface area (Å²) in [6, 6.07) is 7.50. The largest absolute Gasteiger partial charge is 0.338 e. The number of urea groups is 1. The van der Waals surface area contributed by atoms with Crippen molar-refractivity contribution in [3.63, 3.8) is 0 Å². The monoisotopic (exact) mass is 256 g/mol. The van der Waals surface area contributed by atoms with Gasteiger partial charge in [-0.05, 0) is 36.8 Å². The lowest BCUT2D eigenvalue weighted by Crippen LogP contribution is -2.34. The van der Waals surface area contributed by atoms with Crippen molar-refractivity contribution in [1.29, 1.82) is 0 Å². The van der Waals surface area contributed by atoms with Gasteiger partial charge in [0, 0.05) is 37.2 Å². The number of carbonyl (C=O) groups excluding carboxylic acids is 1. The predicted octanol–water partition coefficient (Wildman–Crippen LogP) is 1.96. The van der Waals surface area contributed by atoms with E-state index in [1.54, 1.807) is 18.6 Å². The molecular weight excluding hydrogens is 240 g/mol. The van der Waals surface area contributed by atoms with Gasteiger partial charge >= 0.3 is 6.03 Å². The topological polar surface area (TPSA) is 66.9 Å². The molecule has 0 aromatic carbocycles. The van der Waals surface area contributed by atoms with Crippen molar-refractivity contribution in [1.82, 2.24) is 20.6 Å². The van der Waals surface area contributed by atoms with Gasteiger partial charge in [-0.1, -0.05) is 0 Å². The van der Waals surface area contributed by atoms with Crippen molar-refractivity contribution in [3.05, 3.63) is 48.4 Å². The van der Waals surface area contributed by atoms with Gasteiger partial charge in [-0.15, -0.1) is 0 Å². The molecule has 98 valence electrons. The van der Waals surface area contributed by atoms with Crippen LogP contribution in [0, 0.1) is 0 Å². The van der Waals surface area contributed by atoms with Crippen LogP contribution in [0.5, 0.6) is 0 Å². The Kier molecular flexibility index (Phi) is 4.44. The number of aromatic nitrogens is 2. The molecule has 0 atom stereocenters. The summed E-state index contributed by atoms with van der Waals surface area (Å²) in [4.78, 5) is 19.6. The first-order valence-corrected chi connectivity index (χ1v) is 6.16. The molecule has 2 aromatic heterocycles. The van der Waals surface area contributed by atoms with E-state index < -0.39 is 0 Å². The van der Waals surface area contributed by atoms with Crippen LogP contribution in [-0.4, -0.2) is 22.5 Å². The van der Waals surface area contributed by atoms with E-state index in [9.17, 15) is 4.79 Å². The Balaban J connectivity index is 2.06. The van der Waals surface area contributed by atoms with Gasteiger partial charge in [0.15, 0.2) is 0 Å². The van der Waals surface area contributed by atoms with Crippen LogP contribution in [0.1, 0.15) is 12.5 Å². The molecule has 0 aliphatic rings. The number of nitrogens with zero attached hydrogens (tertiary/aromatic N) is 2. The summed E-state index contributed by atoms with van der Waals surface area (Å²) in [5.74, 6) is 0. The molecule has 5 nitrogen and oxygen atoms in total. The van der Waals surface area contributed by atoms with Gasteiger partial charge < -0.3 is 10.6 Å². The molecule has 2 aromatic rings. The fourth-order valence-corrected chi connectivity index (χ4v) is 1.67. The van der Waals surface area contributed by atoms with E-state index in [0.717, 1.165) is 16.8 Å². The Hall–Kier alpha value is -2.43. The van der Waals surface area contributed by atoms with E-state index in [4.69, 9.17) is 0 Å². The summed E-state index contributed by atoms with van der Waals surface area (Å²) in [5.41, 5.74) is 2.89. The lowest BCUT2D eigenvalue weighted by Gasteiger charge is -2.07. The Morgan fingerprint density at radius 2 is 1.95 bits per heavy atom. The Morgan fingerprint density at radius 3 is 2.68 bits per heavy atom. The molecule has 2 N–H and O–H groups in total. The van der Waals surface area contributed by atoms with Crippen molar-refractivity contribution in [2.24, 2.45) is 0 Å². The molecule has 2 rings (SSSR count). The molecule has 0 fully saturated rings. The fraction of sp³-hybridized carbons (Fsp3) is 0.214. The van der Waals surface area contributed by atoms with E-state index in [1.807, 2.05) is 31.2 Å². The minimum atomic E-state index is -0.162. The molecule has 0 saturated carbocycles. The molecule has 2 heterocycles. The molecule has 2 amide bonds. The second-order valence-corrected chi connectivity index (χ2v) is 4.00. The molecule has 19 heavy (non-hydrogen) atoms. The number of hydrogen-bond acceptors (Lipinski definition) is 3. The van der Waals surface area contributed by atoms with Gasteiger partial charge in [-0.25, -0.2) is 4.79 Å². The maximum atomic E-state index is 11.3. The summed E-state index contributed by atoms with van der Waals surface area (Å²) in [6.45, 7) is 2.98. The number of pyridine rings is 2. The third-order valence-corrected chi connectivity index (χ3v) is 2.59. The number of rotatable bonds is 4. The van der Waals surface area contributed by atoms with Crippen LogP contribution < -0.4 is 10.6 Å². The third kappa shape index (κ3) is 3.77. The molecule has 0 spiro atoms. The van der Waals surface area contributed by atoms with Gasteiger partial charge in [-0.3, -0.25) is 9.97 Å². The maximum absolute atomic E-state index is 11.3. The first kappa shape index (κ1) is 13.0. The summed E-state index contributed by atoms with van der Waals surface area (Å²) in [5, 5.41) is 5.48. The molecule has 0 aliphatic carbocycles. The minimum Gasteiger partial charge on any atom is -0.338 e. The molecule has 0 bridgehead atoms. The molecule has 0 saturated heterocycles. The smallest absolute Gasteiger partial charge is 0.315 e. The van der Waals surface area contributed by atoms with E-state index in [0.29, 0.717) is 13.1 Å². The number of amides is 2. The normalized spacial score (nSPS) is 9.95. The highest BCUT2D eigenvalue weighted by Gasteiger charge is 2.02. The average Bonchev–Trinajstić information content (AvgIpc) is 2.47. The van der Waals surface area contributed by atoms with E-state index in [2.05, 4.69) is 20.6 Å². The van der Waals surface area contributed by atoms with Crippen molar-refractivity contribution >= 4 is 6.03 Å². The highest BCUT2D eigenvalue weighted by molar-refractivity contribution is 5.73. The molecule has 0 aliphatic heterocycles. The Morgan fingerprint density at radius 1 is 1.16 bits per heavy atom. The number of nitrogens with one attached hydrogen (secondary N) is 2. The molecule has 0 radical (unpaired) electrons. The van der Waals surface area contributed by atoms with Crippen molar-refractivity contribution in [3.8, 4) is 11.3 Å². The van der Waals surface area contributed by atoms with Gasteiger partial charge in [0.2, 0.25) is 0 Å². The van der Waals surface area contributed by atoms with Gasteiger partial charge in [0.25, 0.3) is 0 Å². The highest BCUT2D eigenvalue weighted by Crippen LogP contribution is 2.16. The van der Waals surface area contributed by atoms with Crippen molar-refractivity contribution < 1.29 is 4.79 Å². The van der Waals surface area contributed by atoms with E-state index in [1.165, 1.54) is 0 Å². The predicted molar refractivity (Wildman–Crippen MR) is 73.4 cm³/mol. The molecule has 5 heteroatoms. The SMILES string of the molecule is CCNC(=O)NCc1ccnc(-c2ccncc2)c1. The third-order valence-electron chi connectivity index (χ3n) is 2.59. The Labute approximate surface area is 112 Å². The number of hydrogen-bond donors (Lipinski definition) is 2. The van der Waals surface area contributed by atoms with Gasteiger partial charge in [0.1, 0.15) is 0 Å². The average molecular weight is 256 g/mol. The first-order valence-electron chi connectivity index (χ1n) is 6.16. The number of carbonyl (C=O) groups is 1. The second kappa shape index (κ2) is 6.49. The molecular formula is C14H16N4O. The van der Waals surface area contributed by atoms with Crippen LogP contribution in [0.25, 0.3) is 11.3 Å². The van der Waals surface area contributed by atoms with Crippen molar-refractivity contribution in [2.45, 2.75) is 13.5 Å². The quantitative estimate of drug-likeness (QED) is 0.878. The van der Waals surface area contributed by atoms with E-state index >= 15 is 0 Å². The van der Waals surface area contributed by atoms with Crippen LogP contribution >= 0.6 is 0 Å². The zero-order chi connectivity index (χ0) is 13.5. The van der Waals surface area contributed by atoms with Crippen LogP contribution in [-0.2, 0) is 6.54 Å². The zero-order valence-electron chi connectivity index (χ0n) is 10.8. The first-order chi connectivity index (χ1) is 9.29.